The second-order valence-corrected chi connectivity index (χ2v) is 29.1. The van der Waals surface area contributed by atoms with Crippen LogP contribution in [0, 0.1) is 39.4 Å². The molecule has 4 aliphatic carbocycles. The molecule has 31 atom stereocenters. The summed E-state index contributed by atoms with van der Waals surface area (Å²) < 4.78 is 111. The zero-order valence-electron chi connectivity index (χ0n) is 52.2. The zero-order chi connectivity index (χ0) is 66.6. The summed E-state index contributed by atoms with van der Waals surface area (Å²) in [6, 6.07) is 0. The maximum Gasteiger partial charge on any atom is 0.397 e. The van der Waals surface area contributed by atoms with Crippen molar-refractivity contribution in [3.05, 3.63) is 23.8 Å². The molecule has 31 heteroatoms. The van der Waals surface area contributed by atoms with Gasteiger partial charge in [-0.2, -0.15) is 8.42 Å². The van der Waals surface area contributed by atoms with Crippen LogP contribution < -0.4 is 0 Å². The standard InChI is InChI=1S/C60H92O30S/c1-24(2)11-10-16-59(9)49-29(63)19-58(8)28-12-13-34-56(5,6)35(15-17-57(34,7)27(28)14-18-60(49,58)55(74)89-59)84-53-47(39(68)33(23-80-53)90-91(75,76)77)88-54-48(87-50-41(70)36(65)30(64)21-79-50)43(72)45(25(3)81-54)85-52-44(73)46(38(67)31(20-61)82-52)86-51-42(71)40(69)37(66)32(83-51)22-78-26(4)62/h12,25,27,30-54,61,64-73H,1,10-11,13-23H2,2-9H3,(H,75,76,77). The van der Waals surface area contributed by atoms with Gasteiger partial charge in [-0.15, -0.1) is 6.58 Å². The van der Waals surface area contributed by atoms with Gasteiger partial charge < -0.3 is 113 Å². The second-order valence-electron chi connectivity index (χ2n) is 28.1. The van der Waals surface area contributed by atoms with Gasteiger partial charge in [-0.05, 0) is 94.8 Å². The quantitative estimate of drug-likeness (QED) is 0.0378. The van der Waals surface area contributed by atoms with Gasteiger partial charge >= 0.3 is 22.3 Å². The van der Waals surface area contributed by atoms with Crippen LogP contribution in [0.2, 0.25) is 0 Å². The number of carbonyl (C=O) groups is 3. The first-order valence-electron chi connectivity index (χ1n) is 31.3. The predicted octanol–water partition coefficient (Wildman–Crippen LogP) is -2.00. The second kappa shape index (κ2) is 26.5. The van der Waals surface area contributed by atoms with Crippen LogP contribution >= 0.6 is 0 Å². The summed E-state index contributed by atoms with van der Waals surface area (Å²) in [5, 5.41) is 122. The maximum atomic E-state index is 14.5. The fourth-order valence-corrected chi connectivity index (χ4v) is 17.6. The van der Waals surface area contributed by atoms with Crippen LogP contribution in [0.3, 0.4) is 0 Å². The number of aliphatic hydroxyl groups is 11. The molecular formula is C60H92O30S. The Morgan fingerprint density at radius 2 is 1.32 bits per heavy atom. The minimum absolute atomic E-state index is 0.0305. The summed E-state index contributed by atoms with van der Waals surface area (Å²) in [6.07, 6.45) is -36.6. The van der Waals surface area contributed by atoms with E-state index in [4.69, 9.17) is 61.0 Å². The molecule has 6 heterocycles. The van der Waals surface area contributed by atoms with Crippen LogP contribution in [0.4, 0.5) is 0 Å². The van der Waals surface area contributed by atoms with E-state index in [0.717, 1.165) is 30.9 Å². The molecule has 1 spiro atoms. The lowest BCUT2D eigenvalue weighted by Crippen LogP contribution is -2.68. The predicted molar refractivity (Wildman–Crippen MR) is 303 cm³/mol. The van der Waals surface area contributed by atoms with Gasteiger partial charge in [0.25, 0.3) is 0 Å². The summed E-state index contributed by atoms with van der Waals surface area (Å²) in [4.78, 5) is 40.5. The highest BCUT2D eigenvalue weighted by Gasteiger charge is 2.79. The third kappa shape index (κ3) is 12.8. The molecule has 0 amide bonds. The number of esters is 2. The first kappa shape index (κ1) is 70.9. The molecule has 518 valence electrons. The maximum absolute atomic E-state index is 14.5. The highest BCUT2D eigenvalue weighted by molar-refractivity contribution is 7.80. The Bertz CT molecular complexity index is 2810. The monoisotopic (exact) mass is 1320 g/mol. The number of rotatable bonds is 19. The summed E-state index contributed by atoms with van der Waals surface area (Å²) in [7, 11) is -5.29. The number of fused-ring (bicyclic) bond motifs is 4. The number of ether oxygens (including phenoxy) is 12. The van der Waals surface area contributed by atoms with Crippen molar-refractivity contribution in [3.63, 3.8) is 0 Å². The molecule has 91 heavy (non-hydrogen) atoms. The van der Waals surface area contributed by atoms with E-state index in [1.165, 1.54) is 6.92 Å². The third-order valence-corrected chi connectivity index (χ3v) is 22.3. The molecule has 12 N–H and O–H groups in total. The van der Waals surface area contributed by atoms with Crippen molar-refractivity contribution in [2.45, 2.75) is 266 Å². The van der Waals surface area contributed by atoms with Crippen LogP contribution in [0.5, 0.6) is 0 Å². The average Bonchev–Trinajstić information content (AvgIpc) is 1.55. The molecule has 6 saturated heterocycles. The zero-order valence-corrected chi connectivity index (χ0v) is 53.0. The topological polar surface area (TPSA) is 448 Å². The molecule has 30 nitrogen and oxygen atoms in total. The van der Waals surface area contributed by atoms with E-state index in [2.05, 4.69) is 26.5 Å². The number of aliphatic hydroxyl groups excluding tert-OH is 11. The van der Waals surface area contributed by atoms with Crippen LogP contribution in [0.25, 0.3) is 0 Å². The molecule has 0 radical (unpaired) electrons. The van der Waals surface area contributed by atoms with Crippen LogP contribution in [-0.2, 0) is 85.8 Å². The lowest BCUT2D eigenvalue weighted by atomic mass is 9.41. The van der Waals surface area contributed by atoms with Crippen LogP contribution in [0.1, 0.15) is 113 Å². The Kier molecular flexibility index (Phi) is 20.7. The molecule has 0 bridgehead atoms. The van der Waals surface area contributed by atoms with Gasteiger partial charge in [-0.1, -0.05) is 44.9 Å². The number of allylic oxidation sites excluding steroid dienone is 3. The number of Topliss-reactive ketones (excluding diaryl/α,β-unsaturated/α-hetero) is 1. The Morgan fingerprint density at radius 1 is 0.692 bits per heavy atom. The van der Waals surface area contributed by atoms with Gasteiger partial charge in [-0.25, -0.2) is 4.18 Å². The number of cyclic esters (lactones) is 1. The number of carbonyl (C=O) groups excluding carboxylic acids is 3. The number of hydrogen-bond donors (Lipinski definition) is 12. The first-order valence-corrected chi connectivity index (χ1v) is 32.7. The van der Waals surface area contributed by atoms with E-state index in [1.807, 2.05) is 27.7 Å². The number of hydrogen-bond acceptors (Lipinski definition) is 29. The SMILES string of the molecule is C=C(C)CCCC1(C)OC(=O)C23CCC4C(=CCC5C(C)(C)C(OC6OCC(OS(=O)(=O)O)C(O)C6OC6OC(C)C(OC7OC(CO)C(O)C(OC8OC(COC(C)=O)C(O)C(O)C8O)C7O)C(O)C6OC6OCC(O)C(O)C6O)CCC45C)C2(C)CC(=O)C13. The minimum Gasteiger partial charge on any atom is -0.463 e. The average molecular weight is 1330 g/mol. The molecule has 0 aromatic carbocycles. The molecule has 0 aromatic rings. The van der Waals surface area contributed by atoms with Crippen molar-refractivity contribution in [1.82, 2.24) is 0 Å². The van der Waals surface area contributed by atoms with E-state index in [9.17, 15) is 83.5 Å². The molecule has 0 aromatic heterocycles. The molecule has 6 aliphatic heterocycles. The molecule has 10 rings (SSSR count). The van der Waals surface area contributed by atoms with E-state index < -0.39 is 223 Å². The highest BCUT2D eigenvalue weighted by Crippen LogP contribution is 2.75. The fourth-order valence-electron chi connectivity index (χ4n) is 17.2. The van der Waals surface area contributed by atoms with Crippen molar-refractivity contribution in [3.8, 4) is 0 Å². The Balaban J connectivity index is 0.903. The summed E-state index contributed by atoms with van der Waals surface area (Å²) in [6.45, 7) is 15.8. The summed E-state index contributed by atoms with van der Waals surface area (Å²) in [5.74, 6) is -1.81. The fraction of sp³-hybridized carbons (Fsp3) is 0.883. The molecule has 10 aliphatic rings. The molecule has 31 unspecified atom stereocenters. The van der Waals surface area contributed by atoms with Crippen molar-refractivity contribution in [2.24, 2.45) is 39.4 Å². The molecular weight excluding hydrogens is 1230 g/mol. The van der Waals surface area contributed by atoms with Crippen molar-refractivity contribution in [1.29, 1.82) is 0 Å². The Hall–Kier alpha value is -2.88. The van der Waals surface area contributed by atoms with E-state index in [0.29, 0.717) is 38.5 Å². The largest absolute Gasteiger partial charge is 0.463 e. The van der Waals surface area contributed by atoms with Gasteiger partial charge in [-0.3, -0.25) is 18.9 Å². The lowest BCUT2D eigenvalue weighted by molar-refractivity contribution is -0.403. The van der Waals surface area contributed by atoms with Gasteiger partial charge in [0.1, 0.15) is 122 Å². The Labute approximate surface area is 526 Å². The third-order valence-electron chi connectivity index (χ3n) is 21.9. The normalized spacial score (nSPS) is 49.8. The van der Waals surface area contributed by atoms with Crippen molar-refractivity contribution >= 4 is 28.1 Å². The lowest BCUT2D eigenvalue weighted by Gasteiger charge is -2.63. The summed E-state index contributed by atoms with van der Waals surface area (Å²) >= 11 is 0. The van der Waals surface area contributed by atoms with Crippen LogP contribution in [-0.4, -0.2) is 266 Å². The van der Waals surface area contributed by atoms with Gasteiger partial charge in [0.15, 0.2) is 31.5 Å². The molecule has 3 saturated carbocycles. The van der Waals surface area contributed by atoms with Gasteiger partial charge in [0.2, 0.25) is 0 Å². The van der Waals surface area contributed by atoms with E-state index in [-0.39, 0.29) is 30.0 Å². The van der Waals surface area contributed by atoms with Gasteiger partial charge in [0.05, 0.1) is 43.4 Å². The van der Waals surface area contributed by atoms with Crippen molar-refractivity contribution < 1.29 is 145 Å². The van der Waals surface area contributed by atoms with E-state index in [1.54, 1.807) is 0 Å². The molecule has 9 fully saturated rings. The Morgan fingerprint density at radius 3 is 1.99 bits per heavy atom. The minimum atomic E-state index is -5.29. The van der Waals surface area contributed by atoms with Crippen molar-refractivity contribution in [2.75, 3.05) is 26.4 Å². The summed E-state index contributed by atoms with van der Waals surface area (Å²) in [5.41, 5.74) is -1.80. The smallest absolute Gasteiger partial charge is 0.397 e. The first-order chi connectivity index (χ1) is 42.5. The van der Waals surface area contributed by atoms with E-state index >= 15 is 0 Å². The van der Waals surface area contributed by atoms with Crippen LogP contribution in [0.15, 0.2) is 23.8 Å². The van der Waals surface area contributed by atoms with Gasteiger partial charge in [0, 0.05) is 18.8 Å². The number of ketones is 1. The highest BCUT2D eigenvalue weighted by atomic mass is 32.3.